The van der Waals surface area contributed by atoms with Crippen molar-refractivity contribution in [2.45, 2.75) is 47.1 Å². The summed E-state index contributed by atoms with van der Waals surface area (Å²) in [7, 11) is 1.94. The summed E-state index contributed by atoms with van der Waals surface area (Å²) in [6.45, 7) is 11.0. The van der Waals surface area contributed by atoms with Gasteiger partial charge in [-0.3, -0.25) is 0 Å². The van der Waals surface area contributed by atoms with E-state index >= 15 is 0 Å². The van der Waals surface area contributed by atoms with Crippen LogP contribution in [0.5, 0.6) is 0 Å². The lowest BCUT2D eigenvalue weighted by molar-refractivity contribution is 0.226. The summed E-state index contributed by atoms with van der Waals surface area (Å²) in [5, 5.41) is 3.31. The van der Waals surface area contributed by atoms with Gasteiger partial charge in [0.1, 0.15) is 5.82 Å². The fourth-order valence-corrected chi connectivity index (χ4v) is 2.09. The van der Waals surface area contributed by atoms with Crippen molar-refractivity contribution in [3.05, 3.63) is 35.1 Å². The highest BCUT2D eigenvalue weighted by Gasteiger charge is 2.24. The summed E-state index contributed by atoms with van der Waals surface area (Å²) in [5.74, 6) is 0.423. The van der Waals surface area contributed by atoms with E-state index in [9.17, 15) is 4.39 Å². The van der Waals surface area contributed by atoms with Crippen molar-refractivity contribution in [3.8, 4) is 0 Å². The molecule has 0 aromatic heterocycles. The zero-order chi connectivity index (χ0) is 13.9. The van der Waals surface area contributed by atoms with Crippen LogP contribution in [0.2, 0.25) is 0 Å². The Bertz CT molecular complexity index is 372. The molecule has 0 fully saturated rings. The third kappa shape index (κ3) is 4.09. The van der Waals surface area contributed by atoms with Crippen molar-refractivity contribution >= 4 is 0 Å². The average molecular weight is 251 g/mol. The Morgan fingerprint density at radius 2 is 1.83 bits per heavy atom. The third-order valence-electron chi connectivity index (χ3n) is 3.88. The van der Waals surface area contributed by atoms with Crippen molar-refractivity contribution in [1.29, 1.82) is 0 Å². The first kappa shape index (κ1) is 15.2. The third-order valence-corrected chi connectivity index (χ3v) is 3.88. The largest absolute Gasteiger partial charge is 0.313 e. The number of hydrogen-bond acceptors (Lipinski definition) is 1. The van der Waals surface area contributed by atoms with E-state index in [4.69, 9.17) is 0 Å². The molecule has 1 rings (SSSR count). The smallest absolute Gasteiger partial charge is 0.123 e. The number of halogens is 1. The SMILES string of the molecule is CNC(CC(C)C(C)(C)C)c1cc(C)cc(F)c1. The normalized spacial score (nSPS) is 15.5. The monoisotopic (exact) mass is 251 g/mol. The van der Waals surface area contributed by atoms with Crippen LogP contribution in [0.25, 0.3) is 0 Å². The standard InChI is InChI=1S/C16H26FN/c1-11-7-13(10-14(17)8-11)15(18-6)9-12(2)16(3,4)5/h7-8,10,12,15,18H,9H2,1-6H3. The topological polar surface area (TPSA) is 12.0 Å². The van der Waals surface area contributed by atoms with Gasteiger partial charge in [-0.05, 0) is 55.0 Å². The second kappa shape index (κ2) is 5.83. The molecule has 0 saturated heterocycles. The van der Waals surface area contributed by atoms with Gasteiger partial charge < -0.3 is 5.32 Å². The molecule has 0 spiro atoms. The van der Waals surface area contributed by atoms with Crippen LogP contribution < -0.4 is 5.32 Å². The first-order valence-corrected chi connectivity index (χ1v) is 6.68. The fourth-order valence-electron chi connectivity index (χ4n) is 2.09. The van der Waals surface area contributed by atoms with Crippen molar-refractivity contribution in [2.24, 2.45) is 11.3 Å². The number of aryl methyl sites for hydroxylation is 1. The lowest BCUT2D eigenvalue weighted by Gasteiger charge is -2.31. The Hall–Kier alpha value is -0.890. The van der Waals surface area contributed by atoms with Crippen molar-refractivity contribution in [1.82, 2.24) is 5.32 Å². The zero-order valence-corrected chi connectivity index (χ0v) is 12.5. The van der Waals surface area contributed by atoms with Crippen molar-refractivity contribution < 1.29 is 4.39 Å². The van der Waals surface area contributed by atoms with Gasteiger partial charge in [0.2, 0.25) is 0 Å². The van der Waals surface area contributed by atoms with Gasteiger partial charge in [-0.1, -0.05) is 33.8 Å². The predicted molar refractivity (Wildman–Crippen MR) is 76.2 cm³/mol. The molecule has 0 amide bonds. The quantitative estimate of drug-likeness (QED) is 0.832. The molecule has 0 heterocycles. The predicted octanol–water partition coefficient (Wildman–Crippen LogP) is 4.47. The molecule has 2 unspecified atom stereocenters. The molecule has 1 aromatic carbocycles. The fraction of sp³-hybridized carbons (Fsp3) is 0.625. The molecule has 18 heavy (non-hydrogen) atoms. The van der Waals surface area contributed by atoms with Crippen LogP contribution in [-0.4, -0.2) is 7.05 Å². The van der Waals surface area contributed by atoms with E-state index < -0.39 is 0 Å². The number of nitrogens with one attached hydrogen (secondary N) is 1. The molecule has 1 nitrogen and oxygen atoms in total. The first-order chi connectivity index (χ1) is 8.24. The van der Waals surface area contributed by atoms with Gasteiger partial charge in [0, 0.05) is 6.04 Å². The Balaban J connectivity index is 2.89. The molecule has 0 aliphatic heterocycles. The lowest BCUT2D eigenvalue weighted by Crippen LogP contribution is -2.25. The summed E-state index contributed by atoms with van der Waals surface area (Å²) in [5.41, 5.74) is 2.30. The summed E-state index contributed by atoms with van der Waals surface area (Å²) in [4.78, 5) is 0. The van der Waals surface area contributed by atoms with Gasteiger partial charge in [-0.2, -0.15) is 0 Å². The molecule has 102 valence electrons. The van der Waals surface area contributed by atoms with Crippen LogP contribution in [0.4, 0.5) is 4.39 Å². The van der Waals surface area contributed by atoms with Gasteiger partial charge in [0.25, 0.3) is 0 Å². The molecule has 0 saturated carbocycles. The summed E-state index contributed by atoms with van der Waals surface area (Å²) in [6, 6.07) is 5.50. The Kier molecular flexibility index (Phi) is 4.92. The molecule has 0 bridgehead atoms. The second-order valence-corrected chi connectivity index (χ2v) is 6.41. The van der Waals surface area contributed by atoms with E-state index in [1.165, 1.54) is 0 Å². The van der Waals surface area contributed by atoms with Crippen LogP contribution in [0.15, 0.2) is 18.2 Å². The molecule has 0 aliphatic rings. The molecular formula is C16H26FN. The molecule has 1 N–H and O–H groups in total. The van der Waals surface area contributed by atoms with Crippen molar-refractivity contribution in [2.75, 3.05) is 7.05 Å². The summed E-state index contributed by atoms with van der Waals surface area (Å²) < 4.78 is 13.5. The maximum atomic E-state index is 13.5. The Labute approximate surface area is 111 Å². The first-order valence-electron chi connectivity index (χ1n) is 6.68. The minimum Gasteiger partial charge on any atom is -0.313 e. The van der Waals surface area contributed by atoms with Gasteiger partial charge in [-0.25, -0.2) is 4.39 Å². The summed E-state index contributed by atoms with van der Waals surface area (Å²) >= 11 is 0. The number of benzene rings is 1. The van der Waals surface area contributed by atoms with Crippen LogP contribution >= 0.6 is 0 Å². The highest BCUT2D eigenvalue weighted by Crippen LogP contribution is 2.33. The van der Waals surface area contributed by atoms with Gasteiger partial charge >= 0.3 is 0 Å². The molecule has 0 aliphatic carbocycles. The Morgan fingerprint density at radius 3 is 2.28 bits per heavy atom. The van der Waals surface area contributed by atoms with Crippen LogP contribution in [0.1, 0.15) is 51.3 Å². The van der Waals surface area contributed by atoms with E-state index in [1.54, 1.807) is 12.1 Å². The molecular weight excluding hydrogens is 225 g/mol. The van der Waals surface area contributed by atoms with Crippen molar-refractivity contribution in [3.63, 3.8) is 0 Å². The molecule has 0 radical (unpaired) electrons. The van der Waals surface area contributed by atoms with E-state index in [-0.39, 0.29) is 17.3 Å². The molecule has 2 atom stereocenters. The van der Waals surface area contributed by atoms with E-state index in [0.29, 0.717) is 5.92 Å². The summed E-state index contributed by atoms with van der Waals surface area (Å²) in [6.07, 6.45) is 1.02. The van der Waals surface area contributed by atoms with Crippen LogP contribution in [-0.2, 0) is 0 Å². The van der Waals surface area contributed by atoms with E-state index in [2.05, 4.69) is 39.1 Å². The maximum Gasteiger partial charge on any atom is 0.123 e. The minimum atomic E-state index is -0.145. The second-order valence-electron chi connectivity index (χ2n) is 6.41. The molecule has 2 heteroatoms. The van der Waals surface area contributed by atoms with Gasteiger partial charge in [-0.15, -0.1) is 0 Å². The minimum absolute atomic E-state index is 0.145. The van der Waals surface area contributed by atoms with E-state index in [0.717, 1.165) is 17.5 Å². The van der Waals surface area contributed by atoms with Gasteiger partial charge in [0.15, 0.2) is 0 Å². The number of rotatable bonds is 4. The average Bonchev–Trinajstić information content (AvgIpc) is 2.22. The zero-order valence-electron chi connectivity index (χ0n) is 12.5. The van der Waals surface area contributed by atoms with Crippen LogP contribution in [0, 0.1) is 24.1 Å². The highest BCUT2D eigenvalue weighted by atomic mass is 19.1. The maximum absolute atomic E-state index is 13.5. The Morgan fingerprint density at radius 1 is 1.22 bits per heavy atom. The van der Waals surface area contributed by atoms with E-state index in [1.807, 2.05) is 14.0 Å². The number of hydrogen-bond donors (Lipinski definition) is 1. The highest BCUT2D eigenvalue weighted by molar-refractivity contribution is 5.26. The van der Waals surface area contributed by atoms with Crippen LogP contribution in [0.3, 0.4) is 0 Å². The molecule has 1 aromatic rings. The lowest BCUT2D eigenvalue weighted by atomic mass is 9.77. The van der Waals surface area contributed by atoms with Gasteiger partial charge in [0.05, 0.1) is 0 Å².